The number of methoxy groups -OCH3 is 2. The molecule has 1 amide bonds. The van der Waals surface area contributed by atoms with Crippen LogP contribution in [0, 0.1) is 0 Å². The normalized spacial score (nSPS) is 11.6. The van der Waals surface area contributed by atoms with E-state index in [0.717, 1.165) is 29.3 Å². The van der Waals surface area contributed by atoms with Crippen LogP contribution in [0.5, 0.6) is 11.5 Å². The Bertz CT molecular complexity index is 1630. The number of alkyl halides is 3. The highest BCUT2D eigenvalue weighted by atomic mass is 32.2. The van der Waals surface area contributed by atoms with Crippen LogP contribution in [0.1, 0.15) is 21.5 Å². The Balaban J connectivity index is 1.58. The van der Waals surface area contributed by atoms with Crippen molar-refractivity contribution in [2.45, 2.75) is 17.6 Å². The average Bonchev–Trinajstić information content (AvgIpc) is 2.99. The third-order valence-corrected chi connectivity index (χ3v) is 7.57. The Morgan fingerprint density at radius 2 is 1.50 bits per heavy atom. The smallest absolute Gasteiger partial charge is 0.416 e. The molecular formula is C31H28F3NO6S. The molecule has 0 aromatic heterocycles. The van der Waals surface area contributed by atoms with Gasteiger partial charge in [0.05, 0.1) is 19.3 Å². The predicted molar refractivity (Wildman–Crippen MR) is 151 cm³/mol. The number of hydrogen-bond donors (Lipinski definition) is 0. The van der Waals surface area contributed by atoms with Crippen molar-refractivity contribution in [2.75, 3.05) is 27.4 Å². The van der Waals surface area contributed by atoms with Crippen LogP contribution in [-0.4, -0.2) is 46.6 Å². The summed E-state index contributed by atoms with van der Waals surface area (Å²) in [5.74, 6) is -0.471. The number of ether oxygens (including phenoxy) is 2. The zero-order valence-electron chi connectivity index (χ0n) is 22.8. The molecule has 0 spiro atoms. The Morgan fingerprint density at radius 1 is 0.810 bits per heavy atom. The third-order valence-electron chi connectivity index (χ3n) is 6.34. The van der Waals surface area contributed by atoms with E-state index in [1.165, 1.54) is 31.3 Å². The zero-order valence-corrected chi connectivity index (χ0v) is 23.6. The third kappa shape index (κ3) is 7.48. The highest BCUT2D eigenvalue weighted by Crippen LogP contribution is 2.34. The summed E-state index contributed by atoms with van der Waals surface area (Å²) in [6.45, 7) is 0.546. The summed E-state index contributed by atoms with van der Waals surface area (Å²) < 4.78 is 80.9. The topological polar surface area (TPSA) is 82.1 Å². The Labute approximate surface area is 242 Å². The maximum atomic E-state index is 13.5. The molecule has 42 heavy (non-hydrogen) atoms. The maximum Gasteiger partial charge on any atom is 0.416 e. The molecule has 0 fully saturated rings. The summed E-state index contributed by atoms with van der Waals surface area (Å²) in [7, 11) is -1.85. The lowest BCUT2D eigenvalue weighted by atomic mass is 10.0. The fourth-order valence-electron chi connectivity index (χ4n) is 4.17. The van der Waals surface area contributed by atoms with Crippen LogP contribution in [0.4, 0.5) is 13.2 Å². The van der Waals surface area contributed by atoms with E-state index in [4.69, 9.17) is 13.7 Å². The minimum atomic E-state index is -4.73. The highest BCUT2D eigenvalue weighted by Gasteiger charge is 2.32. The van der Waals surface area contributed by atoms with Gasteiger partial charge in [0.15, 0.2) is 11.5 Å². The fraction of sp³-hybridized carbons (Fsp3) is 0.194. The molecule has 4 rings (SSSR count). The number of nitrogens with zero attached hydrogens (tertiary/aromatic N) is 1. The minimum absolute atomic E-state index is 0.0422. The quantitative estimate of drug-likeness (QED) is 0.185. The second-order valence-electron chi connectivity index (χ2n) is 9.21. The highest BCUT2D eigenvalue weighted by molar-refractivity contribution is 7.87. The van der Waals surface area contributed by atoms with Crippen molar-refractivity contribution in [2.24, 2.45) is 0 Å². The van der Waals surface area contributed by atoms with Crippen molar-refractivity contribution in [3.63, 3.8) is 0 Å². The number of amides is 1. The van der Waals surface area contributed by atoms with Gasteiger partial charge in [0, 0.05) is 25.8 Å². The fourth-order valence-corrected chi connectivity index (χ4v) is 5.15. The van der Waals surface area contributed by atoms with Gasteiger partial charge < -0.3 is 18.6 Å². The first kappa shape index (κ1) is 30.6. The second-order valence-corrected chi connectivity index (χ2v) is 10.8. The monoisotopic (exact) mass is 599 g/mol. The molecule has 220 valence electrons. The number of rotatable bonds is 11. The summed E-state index contributed by atoms with van der Waals surface area (Å²) in [6, 6.07) is 24.6. The van der Waals surface area contributed by atoms with E-state index in [2.05, 4.69) is 0 Å². The first-order valence-corrected chi connectivity index (χ1v) is 14.1. The Kier molecular flexibility index (Phi) is 9.54. The van der Waals surface area contributed by atoms with E-state index in [9.17, 15) is 26.4 Å². The second kappa shape index (κ2) is 13.1. The molecule has 0 saturated heterocycles. The van der Waals surface area contributed by atoms with Gasteiger partial charge in [-0.15, -0.1) is 0 Å². The van der Waals surface area contributed by atoms with Crippen LogP contribution in [0.15, 0.2) is 102 Å². The SMILES string of the molecule is COCCN(Cc1ccc(OC)c(OS(=O)(=O)c2cccc(C(F)(F)F)c2)c1)C(=O)c1ccc(-c2ccccc2)cc1. The number of hydrogen-bond acceptors (Lipinski definition) is 6. The molecular weight excluding hydrogens is 571 g/mol. The van der Waals surface area contributed by atoms with Crippen molar-refractivity contribution >= 4 is 16.0 Å². The van der Waals surface area contributed by atoms with Gasteiger partial charge in [0.25, 0.3) is 5.91 Å². The Hall–Kier alpha value is -4.35. The van der Waals surface area contributed by atoms with Gasteiger partial charge in [0.2, 0.25) is 0 Å². The summed E-state index contributed by atoms with van der Waals surface area (Å²) in [4.78, 5) is 14.3. The van der Waals surface area contributed by atoms with Crippen molar-refractivity contribution in [3.05, 3.63) is 114 Å². The summed E-state index contributed by atoms with van der Waals surface area (Å²) in [5.41, 5.74) is 1.78. The number of halogens is 3. The van der Waals surface area contributed by atoms with Crippen molar-refractivity contribution < 1.29 is 40.0 Å². The largest absolute Gasteiger partial charge is 0.493 e. The lowest BCUT2D eigenvalue weighted by Gasteiger charge is -2.23. The van der Waals surface area contributed by atoms with E-state index in [0.29, 0.717) is 17.2 Å². The summed E-state index contributed by atoms with van der Waals surface area (Å²) >= 11 is 0. The molecule has 4 aromatic rings. The molecule has 0 atom stereocenters. The molecule has 0 N–H and O–H groups in total. The van der Waals surface area contributed by atoms with Crippen molar-refractivity contribution in [1.29, 1.82) is 0 Å². The average molecular weight is 600 g/mol. The zero-order chi connectivity index (χ0) is 30.3. The van der Waals surface area contributed by atoms with E-state index in [-0.39, 0.29) is 37.1 Å². The molecule has 0 aliphatic carbocycles. The standard InChI is InChI=1S/C31H28F3NO6S/c1-39-18-17-35(30(36)25-14-12-24(13-15-25)23-7-4-3-5-8-23)21-22-11-16-28(40-2)29(19-22)41-42(37,38)27-10-6-9-26(20-27)31(32,33)34/h3-16,19-20H,17-18,21H2,1-2H3. The van der Waals surface area contributed by atoms with Crippen LogP contribution >= 0.6 is 0 Å². The summed E-state index contributed by atoms with van der Waals surface area (Å²) in [5, 5.41) is 0. The molecule has 4 aromatic carbocycles. The van der Waals surface area contributed by atoms with Gasteiger partial charge >= 0.3 is 16.3 Å². The predicted octanol–water partition coefficient (Wildman–Crippen LogP) is 6.44. The van der Waals surface area contributed by atoms with Gasteiger partial charge in [0.1, 0.15) is 4.90 Å². The van der Waals surface area contributed by atoms with Crippen LogP contribution in [0.2, 0.25) is 0 Å². The molecule has 0 saturated carbocycles. The maximum absolute atomic E-state index is 13.5. The number of carbonyl (C=O) groups excluding carboxylic acids is 1. The van der Waals surface area contributed by atoms with E-state index < -0.39 is 26.8 Å². The van der Waals surface area contributed by atoms with Crippen molar-refractivity contribution in [3.8, 4) is 22.6 Å². The molecule has 0 aliphatic heterocycles. The number of benzene rings is 4. The lowest BCUT2D eigenvalue weighted by Crippen LogP contribution is -2.33. The van der Waals surface area contributed by atoms with Crippen LogP contribution in [0.3, 0.4) is 0 Å². The van der Waals surface area contributed by atoms with Gasteiger partial charge in [-0.25, -0.2) is 0 Å². The van der Waals surface area contributed by atoms with Crippen LogP contribution in [-0.2, 0) is 27.6 Å². The minimum Gasteiger partial charge on any atom is -0.493 e. The van der Waals surface area contributed by atoms with Gasteiger partial charge in [-0.1, -0.05) is 54.6 Å². The first-order valence-electron chi connectivity index (χ1n) is 12.7. The van der Waals surface area contributed by atoms with Crippen LogP contribution < -0.4 is 8.92 Å². The molecule has 7 nitrogen and oxygen atoms in total. The summed E-state index contributed by atoms with van der Waals surface area (Å²) in [6.07, 6.45) is -4.73. The van der Waals surface area contributed by atoms with Crippen molar-refractivity contribution in [1.82, 2.24) is 4.90 Å². The molecule has 11 heteroatoms. The Morgan fingerprint density at radius 3 is 2.14 bits per heavy atom. The van der Waals surface area contributed by atoms with Gasteiger partial charge in [-0.2, -0.15) is 21.6 Å². The van der Waals surface area contributed by atoms with Crippen LogP contribution in [0.25, 0.3) is 11.1 Å². The van der Waals surface area contributed by atoms with E-state index in [1.807, 2.05) is 42.5 Å². The molecule has 0 heterocycles. The van der Waals surface area contributed by atoms with Gasteiger partial charge in [-0.3, -0.25) is 4.79 Å². The van der Waals surface area contributed by atoms with E-state index >= 15 is 0 Å². The van der Waals surface area contributed by atoms with Gasteiger partial charge in [-0.05, 0) is 59.2 Å². The number of carbonyl (C=O) groups is 1. The lowest BCUT2D eigenvalue weighted by molar-refractivity contribution is -0.137. The molecule has 0 unspecified atom stereocenters. The first-order chi connectivity index (χ1) is 20.0. The van der Waals surface area contributed by atoms with E-state index in [1.54, 1.807) is 18.2 Å². The molecule has 0 bridgehead atoms. The molecule has 0 radical (unpaired) electrons. The molecule has 0 aliphatic rings.